The average molecular weight is 563 g/mol. The number of halogens is 3. The lowest BCUT2D eigenvalue weighted by Crippen LogP contribution is -2.32. The van der Waals surface area contributed by atoms with Gasteiger partial charge in [0.15, 0.2) is 11.6 Å². The minimum atomic E-state index is -0.968. The number of benzene rings is 1. The first-order valence-electron chi connectivity index (χ1n) is 16.5. The van der Waals surface area contributed by atoms with E-state index >= 15 is 4.39 Å². The number of rotatable bonds is 14. The first-order chi connectivity index (χ1) is 19.5. The van der Waals surface area contributed by atoms with E-state index in [1.807, 2.05) is 6.08 Å². The lowest BCUT2D eigenvalue weighted by molar-refractivity contribution is -0.0416. The van der Waals surface area contributed by atoms with Crippen LogP contribution in [0.4, 0.5) is 13.2 Å². The molecule has 2 nitrogen and oxygen atoms in total. The van der Waals surface area contributed by atoms with Crippen LogP contribution in [0.2, 0.25) is 0 Å². The monoisotopic (exact) mass is 562 g/mol. The molecule has 0 bridgehead atoms. The lowest BCUT2D eigenvalue weighted by atomic mass is 9.72. The first-order valence-corrected chi connectivity index (χ1v) is 16.5. The van der Waals surface area contributed by atoms with Crippen molar-refractivity contribution in [2.75, 3.05) is 13.2 Å². The molecule has 5 heteroatoms. The summed E-state index contributed by atoms with van der Waals surface area (Å²) < 4.78 is 56.5. The quantitative estimate of drug-likeness (QED) is 0.166. The maximum Gasteiger partial charge on any atom is 0.200 e. The summed E-state index contributed by atoms with van der Waals surface area (Å²) in [7, 11) is 0. The fraction of sp³-hybridized carbons (Fsp3) is 0.771. The Labute approximate surface area is 241 Å². The highest BCUT2D eigenvalue weighted by molar-refractivity contribution is 5.33. The van der Waals surface area contributed by atoms with Crippen molar-refractivity contribution in [2.45, 2.75) is 134 Å². The number of alkyl halides is 1. The van der Waals surface area contributed by atoms with Crippen LogP contribution in [-0.2, 0) is 4.74 Å². The van der Waals surface area contributed by atoms with E-state index in [2.05, 4.69) is 13.5 Å². The number of ether oxygens (including phenoxy) is 2. The molecule has 1 heterocycles. The van der Waals surface area contributed by atoms with Gasteiger partial charge < -0.3 is 9.47 Å². The summed E-state index contributed by atoms with van der Waals surface area (Å²) in [6.07, 6.45) is 19.3. The van der Waals surface area contributed by atoms with Gasteiger partial charge in [0, 0.05) is 6.42 Å². The summed E-state index contributed by atoms with van der Waals surface area (Å²) in [6, 6.07) is 3.23. The van der Waals surface area contributed by atoms with E-state index < -0.39 is 17.8 Å². The van der Waals surface area contributed by atoms with E-state index in [9.17, 15) is 8.78 Å². The van der Waals surface area contributed by atoms with Crippen molar-refractivity contribution >= 4 is 0 Å². The van der Waals surface area contributed by atoms with Crippen molar-refractivity contribution in [1.29, 1.82) is 0 Å². The summed E-state index contributed by atoms with van der Waals surface area (Å²) in [6.45, 7) is 7.02. The normalized spacial score (nSPS) is 30.1. The van der Waals surface area contributed by atoms with Crippen LogP contribution in [0.3, 0.4) is 0 Å². The molecular formula is C35H53F3O2. The Morgan fingerprint density at radius 2 is 1.62 bits per heavy atom. The van der Waals surface area contributed by atoms with E-state index in [4.69, 9.17) is 9.47 Å². The second kappa shape index (κ2) is 16.2. The molecule has 1 aromatic rings. The fourth-order valence-corrected chi connectivity index (χ4v) is 7.54. The van der Waals surface area contributed by atoms with Crippen LogP contribution in [0.15, 0.2) is 24.8 Å². The molecule has 1 aromatic carbocycles. The second-order valence-corrected chi connectivity index (χ2v) is 13.0. The van der Waals surface area contributed by atoms with Crippen LogP contribution in [0.25, 0.3) is 0 Å². The third kappa shape index (κ3) is 8.76. The van der Waals surface area contributed by atoms with Crippen LogP contribution in [0.5, 0.6) is 5.75 Å². The van der Waals surface area contributed by atoms with Gasteiger partial charge in [-0.2, -0.15) is 4.39 Å². The lowest BCUT2D eigenvalue weighted by Gasteiger charge is -2.38. The van der Waals surface area contributed by atoms with Gasteiger partial charge in [0.05, 0.1) is 19.3 Å². The number of unbranched alkanes of at least 4 members (excludes halogenated alkanes) is 4. The smallest absolute Gasteiger partial charge is 0.200 e. The molecular weight excluding hydrogens is 509 g/mol. The van der Waals surface area contributed by atoms with Gasteiger partial charge in [-0.25, -0.2) is 8.78 Å². The third-order valence-corrected chi connectivity index (χ3v) is 10.3. The Bertz CT molecular complexity index is 881. The zero-order valence-corrected chi connectivity index (χ0v) is 24.9. The molecule has 0 spiro atoms. The molecule has 0 amide bonds. The molecule has 40 heavy (non-hydrogen) atoms. The Morgan fingerprint density at radius 1 is 0.900 bits per heavy atom. The van der Waals surface area contributed by atoms with Crippen LogP contribution in [-0.4, -0.2) is 25.5 Å². The minimum absolute atomic E-state index is 0.0285. The molecule has 3 unspecified atom stereocenters. The van der Waals surface area contributed by atoms with Gasteiger partial charge in [0.25, 0.3) is 0 Å². The fourth-order valence-electron chi connectivity index (χ4n) is 7.54. The van der Waals surface area contributed by atoms with Crippen molar-refractivity contribution < 1.29 is 22.6 Å². The summed E-state index contributed by atoms with van der Waals surface area (Å²) in [5, 5.41) is 0. The zero-order valence-electron chi connectivity index (χ0n) is 24.9. The molecule has 3 aliphatic rings. The molecule has 1 saturated heterocycles. The van der Waals surface area contributed by atoms with Crippen LogP contribution >= 0.6 is 0 Å². The van der Waals surface area contributed by atoms with Gasteiger partial charge in [-0.05, 0) is 112 Å². The Balaban J connectivity index is 1.17. The molecule has 0 radical (unpaired) electrons. The van der Waals surface area contributed by atoms with E-state index in [1.165, 1.54) is 51.4 Å². The minimum Gasteiger partial charge on any atom is -0.490 e. The predicted octanol–water partition coefficient (Wildman–Crippen LogP) is 10.5. The summed E-state index contributed by atoms with van der Waals surface area (Å²) in [5.41, 5.74) is 0.466. The molecule has 3 fully saturated rings. The van der Waals surface area contributed by atoms with Gasteiger partial charge in [-0.1, -0.05) is 51.2 Å². The highest BCUT2D eigenvalue weighted by Crippen LogP contribution is 2.43. The number of hydrogen-bond acceptors (Lipinski definition) is 2. The van der Waals surface area contributed by atoms with Gasteiger partial charge in [-0.15, -0.1) is 6.58 Å². The average Bonchev–Trinajstić information content (AvgIpc) is 3.00. The maximum atomic E-state index is 15.1. The summed E-state index contributed by atoms with van der Waals surface area (Å²) in [5.74, 6) is -0.0253. The molecule has 3 atom stereocenters. The molecule has 2 saturated carbocycles. The second-order valence-electron chi connectivity index (χ2n) is 13.0. The summed E-state index contributed by atoms with van der Waals surface area (Å²) in [4.78, 5) is 0. The molecule has 226 valence electrons. The van der Waals surface area contributed by atoms with Crippen molar-refractivity contribution in [1.82, 2.24) is 0 Å². The molecule has 0 aromatic heterocycles. The largest absolute Gasteiger partial charge is 0.490 e. The van der Waals surface area contributed by atoms with Crippen LogP contribution in [0, 0.1) is 35.3 Å². The Morgan fingerprint density at radius 3 is 2.30 bits per heavy atom. The summed E-state index contributed by atoms with van der Waals surface area (Å²) >= 11 is 0. The molecule has 2 aliphatic carbocycles. The topological polar surface area (TPSA) is 18.5 Å². The van der Waals surface area contributed by atoms with Gasteiger partial charge in [0.2, 0.25) is 5.82 Å². The molecule has 0 N–H and O–H groups in total. The third-order valence-electron chi connectivity index (χ3n) is 10.3. The zero-order chi connectivity index (χ0) is 28.3. The van der Waals surface area contributed by atoms with Crippen molar-refractivity contribution in [2.24, 2.45) is 23.7 Å². The maximum absolute atomic E-state index is 15.1. The predicted molar refractivity (Wildman–Crippen MR) is 158 cm³/mol. The van der Waals surface area contributed by atoms with Crippen molar-refractivity contribution in [3.05, 3.63) is 42.0 Å². The first kappa shape index (κ1) is 31.4. The highest BCUT2D eigenvalue weighted by atomic mass is 19.2. The highest BCUT2D eigenvalue weighted by Gasteiger charge is 2.33. The van der Waals surface area contributed by atoms with Gasteiger partial charge in [0.1, 0.15) is 6.17 Å². The number of hydrogen-bond donors (Lipinski definition) is 0. The Kier molecular flexibility index (Phi) is 12.8. The standard InChI is InChI=1S/C35H53F3O2/c1-3-5-6-7-8-9-30-19-18-29(24-40-30)26-14-16-27(17-15-26)31-20-21-33(35(38)34(31)37)39-23-22-32(36)28-12-10-25(4-2)11-13-28/h4,20-21,25-30,32H,2-3,5-19,22-24H2,1H3. The molecule has 1 aliphatic heterocycles. The van der Waals surface area contributed by atoms with E-state index in [-0.39, 0.29) is 30.6 Å². The Hall–Kier alpha value is -1.49. The van der Waals surface area contributed by atoms with E-state index in [1.54, 1.807) is 12.1 Å². The van der Waals surface area contributed by atoms with Crippen LogP contribution < -0.4 is 4.74 Å². The number of allylic oxidation sites excluding steroid dienone is 1. The van der Waals surface area contributed by atoms with E-state index in [0.717, 1.165) is 58.0 Å². The van der Waals surface area contributed by atoms with Gasteiger partial charge in [-0.3, -0.25) is 0 Å². The van der Waals surface area contributed by atoms with E-state index in [0.29, 0.717) is 29.4 Å². The van der Waals surface area contributed by atoms with Crippen molar-refractivity contribution in [3.63, 3.8) is 0 Å². The molecule has 4 rings (SSSR count). The van der Waals surface area contributed by atoms with Gasteiger partial charge >= 0.3 is 0 Å². The van der Waals surface area contributed by atoms with Crippen LogP contribution in [0.1, 0.15) is 128 Å². The van der Waals surface area contributed by atoms with Crippen molar-refractivity contribution in [3.8, 4) is 5.75 Å². The SMILES string of the molecule is C=CC1CCC(C(F)CCOc2ccc(C3CCC(C4CCC(CCCCCCC)OC4)CC3)c(F)c2F)CC1.